The van der Waals surface area contributed by atoms with Gasteiger partial charge < -0.3 is 4.42 Å². The molecule has 9 heteroatoms. The summed E-state index contributed by atoms with van der Waals surface area (Å²) in [7, 11) is 0. The SMILES string of the molecule is CCSc1cccnc1-c1nc2cc(C(F)(F)C(F)(F)F)ccc2o1. The van der Waals surface area contributed by atoms with Gasteiger partial charge >= 0.3 is 12.1 Å². The molecule has 0 spiro atoms. The predicted molar refractivity (Wildman–Crippen MR) is 83.6 cm³/mol. The summed E-state index contributed by atoms with van der Waals surface area (Å²) in [5, 5.41) is 0. The largest absolute Gasteiger partial charge is 0.458 e. The standard InChI is InChI=1S/C16H11F5N2OS/c1-2-25-12-4-3-7-22-13(12)14-23-10-8-9(5-6-11(10)24-14)15(17,18)16(19,20)21/h3-8H,2H2,1H3. The van der Waals surface area contributed by atoms with E-state index in [1.54, 1.807) is 12.1 Å². The second-order valence-corrected chi connectivity index (χ2v) is 6.36. The molecule has 0 atom stereocenters. The number of rotatable bonds is 4. The van der Waals surface area contributed by atoms with E-state index in [2.05, 4.69) is 9.97 Å². The van der Waals surface area contributed by atoms with Crippen LogP contribution in [0.3, 0.4) is 0 Å². The number of alkyl halides is 5. The van der Waals surface area contributed by atoms with E-state index in [0.717, 1.165) is 16.7 Å². The van der Waals surface area contributed by atoms with Crippen LogP contribution in [-0.2, 0) is 5.92 Å². The van der Waals surface area contributed by atoms with Crippen LogP contribution in [0.2, 0.25) is 0 Å². The minimum Gasteiger partial charge on any atom is -0.435 e. The maximum absolute atomic E-state index is 13.5. The Labute approximate surface area is 143 Å². The van der Waals surface area contributed by atoms with Gasteiger partial charge in [-0.2, -0.15) is 22.0 Å². The third-order valence-electron chi connectivity index (χ3n) is 3.38. The molecule has 0 aliphatic rings. The number of halogens is 5. The van der Waals surface area contributed by atoms with E-state index in [1.807, 2.05) is 6.92 Å². The Morgan fingerprint density at radius 3 is 2.56 bits per heavy atom. The van der Waals surface area contributed by atoms with Crippen molar-refractivity contribution in [2.24, 2.45) is 0 Å². The summed E-state index contributed by atoms with van der Waals surface area (Å²) in [6.45, 7) is 1.94. The van der Waals surface area contributed by atoms with Gasteiger partial charge in [-0.1, -0.05) is 6.92 Å². The fourth-order valence-corrected chi connectivity index (χ4v) is 2.97. The normalized spacial score (nSPS) is 12.7. The lowest BCUT2D eigenvalue weighted by molar-refractivity contribution is -0.289. The number of hydrogen-bond acceptors (Lipinski definition) is 4. The summed E-state index contributed by atoms with van der Waals surface area (Å²) < 4.78 is 70.0. The van der Waals surface area contributed by atoms with E-state index in [9.17, 15) is 22.0 Å². The molecule has 0 unspecified atom stereocenters. The van der Waals surface area contributed by atoms with Crippen LogP contribution in [0, 0.1) is 0 Å². The molecule has 0 fully saturated rings. The number of aromatic nitrogens is 2. The number of pyridine rings is 1. The monoisotopic (exact) mass is 374 g/mol. The van der Waals surface area contributed by atoms with Gasteiger partial charge in [0.05, 0.1) is 0 Å². The Kier molecular flexibility index (Phi) is 4.44. The molecule has 1 aromatic carbocycles. The van der Waals surface area contributed by atoms with E-state index < -0.39 is 17.7 Å². The molecule has 0 radical (unpaired) electrons. The molecule has 2 heterocycles. The fraction of sp³-hybridized carbons (Fsp3) is 0.250. The maximum atomic E-state index is 13.5. The number of fused-ring (bicyclic) bond motifs is 1. The molecular formula is C16H11F5N2OS. The van der Waals surface area contributed by atoms with Crippen LogP contribution in [0.5, 0.6) is 0 Å². The van der Waals surface area contributed by atoms with Crippen LogP contribution in [0.25, 0.3) is 22.7 Å². The van der Waals surface area contributed by atoms with Gasteiger partial charge in [-0.25, -0.2) is 9.97 Å². The molecule has 0 aliphatic heterocycles. The molecule has 2 aromatic heterocycles. The number of oxazole rings is 1. The lowest BCUT2D eigenvalue weighted by Crippen LogP contribution is -2.33. The Morgan fingerprint density at radius 1 is 1.12 bits per heavy atom. The first-order chi connectivity index (χ1) is 11.7. The van der Waals surface area contributed by atoms with Crippen LogP contribution in [-0.4, -0.2) is 21.9 Å². The Morgan fingerprint density at radius 2 is 1.88 bits per heavy atom. The average Bonchev–Trinajstić information content (AvgIpc) is 2.97. The highest BCUT2D eigenvalue weighted by molar-refractivity contribution is 7.99. The van der Waals surface area contributed by atoms with Gasteiger partial charge in [-0.05, 0) is 36.1 Å². The van der Waals surface area contributed by atoms with E-state index in [-0.39, 0.29) is 17.0 Å². The predicted octanol–water partition coefficient (Wildman–Crippen LogP) is 5.66. The van der Waals surface area contributed by atoms with E-state index in [0.29, 0.717) is 17.8 Å². The molecule has 0 saturated heterocycles. The number of thioether (sulfide) groups is 1. The summed E-state index contributed by atoms with van der Waals surface area (Å²) in [5.74, 6) is -4.13. The van der Waals surface area contributed by atoms with Crippen molar-refractivity contribution in [3.8, 4) is 11.6 Å². The van der Waals surface area contributed by atoms with Gasteiger partial charge in [-0.15, -0.1) is 11.8 Å². The minimum atomic E-state index is -5.68. The van der Waals surface area contributed by atoms with Crippen LogP contribution in [0.4, 0.5) is 22.0 Å². The van der Waals surface area contributed by atoms with E-state index in [4.69, 9.17) is 4.42 Å². The summed E-state index contributed by atoms with van der Waals surface area (Å²) in [6.07, 6.45) is -4.16. The molecule has 132 valence electrons. The van der Waals surface area contributed by atoms with Crippen LogP contribution < -0.4 is 0 Å². The van der Waals surface area contributed by atoms with Gasteiger partial charge in [0.1, 0.15) is 11.2 Å². The van der Waals surface area contributed by atoms with Crippen LogP contribution in [0.1, 0.15) is 12.5 Å². The van der Waals surface area contributed by atoms with Crippen molar-refractivity contribution in [3.63, 3.8) is 0 Å². The van der Waals surface area contributed by atoms with Crippen molar-refractivity contribution >= 4 is 22.9 Å². The third kappa shape index (κ3) is 3.20. The zero-order chi connectivity index (χ0) is 18.2. The van der Waals surface area contributed by atoms with Gasteiger partial charge in [0.25, 0.3) is 0 Å². The molecule has 0 aliphatic carbocycles. The van der Waals surface area contributed by atoms with Crippen LogP contribution >= 0.6 is 11.8 Å². The second kappa shape index (κ2) is 6.29. The Balaban J connectivity index is 2.08. The zero-order valence-corrected chi connectivity index (χ0v) is 13.6. The lowest BCUT2D eigenvalue weighted by Gasteiger charge is -2.19. The van der Waals surface area contributed by atoms with Crippen molar-refractivity contribution in [2.75, 3.05) is 5.75 Å². The van der Waals surface area contributed by atoms with Gasteiger partial charge in [0, 0.05) is 16.7 Å². The van der Waals surface area contributed by atoms with Crippen molar-refractivity contribution in [1.29, 1.82) is 0 Å². The second-order valence-electron chi connectivity index (χ2n) is 5.06. The van der Waals surface area contributed by atoms with Crippen molar-refractivity contribution in [1.82, 2.24) is 9.97 Å². The highest BCUT2D eigenvalue weighted by Gasteiger charge is 2.58. The van der Waals surface area contributed by atoms with Gasteiger partial charge in [-0.3, -0.25) is 0 Å². The molecular weight excluding hydrogens is 363 g/mol. The highest BCUT2D eigenvalue weighted by atomic mass is 32.2. The molecule has 0 bridgehead atoms. The number of hydrogen-bond donors (Lipinski definition) is 0. The summed E-state index contributed by atoms with van der Waals surface area (Å²) in [6, 6.07) is 5.95. The van der Waals surface area contributed by atoms with E-state index in [1.165, 1.54) is 18.0 Å². The summed E-state index contributed by atoms with van der Waals surface area (Å²) in [4.78, 5) is 8.98. The molecule has 0 saturated carbocycles. The first-order valence-electron chi connectivity index (χ1n) is 7.18. The zero-order valence-electron chi connectivity index (χ0n) is 12.8. The highest BCUT2D eigenvalue weighted by Crippen LogP contribution is 2.44. The molecule has 0 amide bonds. The first-order valence-corrected chi connectivity index (χ1v) is 8.16. The first kappa shape index (κ1) is 17.7. The summed E-state index contributed by atoms with van der Waals surface area (Å²) >= 11 is 1.49. The topological polar surface area (TPSA) is 38.9 Å². The quantitative estimate of drug-likeness (QED) is 0.437. The van der Waals surface area contributed by atoms with Crippen molar-refractivity contribution in [2.45, 2.75) is 23.9 Å². The summed E-state index contributed by atoms with van der Waals surface area (Å²) in [5.41, 5.74) is -0.754. The van der Waals surface area contributed by atoms with E-state index >= 15 is 0 Å². The molecule has 3 aromatic rings. The third-order valence-corrected chi connectivity index (χ3v) is 4.31. The average molecular weight is 374 g/mol. The fourth-order valence-electron chi connectivity index (χ4n) is 2.21. The van der Waals surface area contributed by atoms with Gasteiger partial charge in [0.2, 0.25) is 5.89 Å². The molecule has 25 heavy (non-hydrogen) atoms. The minimum absolute atomic E-state index is 0.0685. The lowest BCUT2D eigenvalue weighted by atomic mass is 10.1. The smallest absolute Gasteiger partial charge is 0.435 e. The van der Waals surface area contributed by atoms with Gasteiger partial charge in [0.15, 0.2) is 5.58 Å². The molecule has 3 rings (SSSR count). The molecule has 0 N–H and O–H groups in total. The van der Waals surface area contributed by atoms with Crippen molar-refractivity contribution < 1.29 is 26.4 Å². The Hall–Kier alpha value is -2.16. The Bertz CT molecular complexity index is 907. The van der Waals surface area contributed by atoms with Crippen LogP contribution in [0.15, 0.2) is 45.8 Å². The number of nitrogens with zero attached hydrogens (tertiary/aromatic N) is 2. The molecule has 3 nitrogen and oxygen atoms in total. The number of benzene rings is 1. The van der Waals surface area contributed by atoms with Crippen molar-refractivity contribution in [3.05, 3.63) is 42.1 Å². The maximum Gasteiger partial charge on any atom is 0.458 e.